The van der Waals surface area contributed by atoms with Crippen LogP contribution >= 0.6 is 11.3 Å². The van der Waals surface area contributed by atoms with E-state index in [2.05, 4.69) is 35.2 Å². The third-order valence-electron chi connectivity index (χ3n) is 6.29. The summed E-state index contributed by atoms with van der Waals surface area (Å²) in [6, 6.07) is 6.65. The normalized spacial score (nSPS) is 16.5. The number of thiazole rings is 1. The number of piperazine rings is 1. The zero-order chi connectivity index (χ0) is 32.6. The van der Waals surface area contributed by atoms with Crippen molar-refractivity contribution >= 4 is 42.7 Å². The summed E-state index contributed by atoms with van der Waals surface area (Å²) in [6.07, 6.45) is -9.89. The van der Waals surface area contributed by atoms with E-state index < -0.39 is 56.7 Å². The SMILES string of the molecule is O=C(NCc1ccc(OC(F)(F)F)cc1)[C@H]1CN(c2nc3nn[nH]c(=O)c3s2)CCN1S(=O)(=O)c1ccc(OC(F)(F)F)cc1. The maximum Gasteiger partial charge on any atom is 0.573 e. The molecule has 1 aliphatic rings. The Hall–Kier alpha value is -4.50. The van der Waals surface area contributed by atoms with Gasteiger partial charge in [-0.05, 0) is 42.0 Å². The molecule has 45 heavy (non-hydrogen) atoms. The van der Waals surface area contributed by atoms with Gasteiger partial charge in [0.2, 0.25) is 21.6 Å². The van der Waals surface area contributed by atoms with Crippen LogP contribution < -0.4 is 25.2 Å². The van der Waals surface area contributed by atoms with Gasteiger partial charge in [-0.2, -0.15) is 9.29 Å². The molecule has 4 aromatic rings. The molecule has 240 valence electrons. The van der Waals surface area contributed by atoms with Gasteiger partial charge in [-0.25, -0.2) is 13.5 Å². The smallest absolute Gasteiger partial charge is 0.406 e. The van der Waals surface area contributed by atoms with E-state index in [1.165, 1.54) is 12.1 Å². The average Bonchev–Trinajstić information content (AvgIpc) is 3.41. The van der Waals surface area contributed by atoms with Crippen LogP contribution in [0.25, 0.3) is 10.3 Å². The molecule has 2 N–H and O–H groups in total. The van der Waals surface area contributed by atoms with Gasteiger partial charge in [0.1, 0.15) is 22.2 Å². The summed E-state index contributed by atoms with van der Waals surface area (Å²) in [7, 11) is -4.47. The highest BCUT2D eigenvalue weighted by Gasteiger charge is 2.41. The van der Waals surface area contributed by atoms with Crippen molar-refractivity contribution in [3.8, 4) is 11.5 Å². The van der Waals surface area contributed by atoms with Gasteiger partial charge < -0.3 is 19.7 Å². The van der Waals surface area contributed by atoms with E-state index in [1.807, 2.05) is 0 Å². The number of fused-ring (bicyclic) bond motifs is 1. The van der Waals surface area contributed by atoms with Crippen molar-refractivity contribution in [3.63, 3.8) is 0 Å². The second-order valence-electron chi connectivity index (χ2n) is 9.30. The number of H-pyrrole nitrogens is 1. The molecule has 13 nitrogen and oxygen atoms in total. The summed E-state index contributed by atoms with van der Waals surface area (Å²) in [6.45, 7) is -0.734. The molecule has 21 heteroatoms. The number of benzene rings is 2. The number of nitrogens with zero attached hydrogens (tertiary/aromatic N) is 5. The summed E-state index contributed by atoms with van der Waals surface area (Å²) in [5.74, 6) is -1.93. The molecular formula is C24H19F6N7O6S2. The van der Waals surface area contributed by atoms with E-state index in [0.717, 1.165) is 52.0 Å². The summed E-state index contributed by atoms with van der Waals surface area (Å²) in [5, 5.41) is 12.2. The first-order chi connectivity index (χ1) is 21.1. The van der Waals surface area contributed by atoms with Gasteiger partial charge in [-0.15, -0.1) is 31.4 Å². The Balaban J connectivity index is 1.39. The highest BCUT2D eigenvalue weighted by molar-refractivity contribution is 7.89. The molecule has 0 radical (unpaired) electrons. The van der Waals surface area contributed by atoms with Crippen LogP contribution in [0.3, 0.4) is 0 Å². The van der Waals surface area contributed by atoms with Gasteiger partial charge in [0.25, 0.3) is 5.56 Å². The average molecular weight is 680 g/mol. The molecule has 2 aromatic heterocycles. The molecule has 3 heterocycles. The van der Waals surface area contributed by atoms with Crippen LogP contribution in [-0.4, -0.2) is 77.4 Å². The van der Waals surface area contributed by atoms with Gasteiger partial charge in [-0.3, -0.25) is 9.59 Å². The number of carbonyl (C=O) groups excluding carboxylic acids is 1. The lowest BCUT2D eigenvalue weighted by Crippen LogP contribution is -2.60. The number of nitrogens with one attached hydrogen (secondary N) is 2. The van der Waals surface area contributed by atoms with Crippen LogP contribution in [0.15, 0.2) is 58.2 Å². The van der Waals surface area contributed by atoms with Gasteiger partial charge >= 0.3 is 12.7 Å². The minimum absolute atomic E-state index is 0.00407. The standard InChI is InChI=1S/C24H19F6N7O6S2/c25-23(26,27)42-14-3-1-13(2-4-14)11-31-20(38)17-12-36(22-32-19-18(44-22)21(39)34-35-33-19)9-10-37(17)45(40,41)16-7-5-15(6-8-16)43-24(28,29)30/h1-8,17H,9-12H2,(H,31,38)(H,33,34,39)/t17-/m1/s1. The lowest BCUT2D eigenvalue weighted by molar-refractivity contribution is -0.275. The highest BCUT2D eigenvalue weighted by Crippen LogP contribution is 2.31. The Morgan fingerprint density at radius 3 is 2.16 bits per heavy atom. The lowest BCUT2D eigenvalue weighted by Gasteiger charge is -2.39. The molecular weight excluding hydrogens is 660 g/mol. The Morgan fingerprint density at radius 1 is 0.978 bits per heavy atom. The molecule has 1 atom stereocenters. The second-order valence-corrected chi connectivity index (χ2v) is 12.2. The molecule has 0 unspecified atom stereocenters. The zero-order valence-electron chi connectivity index (χ0n) is 22.3. The third kappa shape index (κ3) is 7.60. The van der Waals surface area contributed by atoms with Crippen molar-refractivity contribution in [1.29, 1.82) is 0 Å². The number of ether oxygens (including phenoxy) is 2. The molecule has 5 rings (SSSR count). The summed E-state index contributed by atoms with van der Waals surface area (Å²) in [4.78, 5) is 31.0. The first-order valence-electron chi connectivity index (χ1n) is 12.6. The topological polar surface area (TPSA) is 160 Å². The Labute approximate surface area is 252 Å². The Bertz CT molecular complexity index is 1850. The largest absolute Gasteiger partial charge is 0.573 e. The summed E-state index contributed by atoms with van der Waals surface area (Å²) in [5.41, 5.74) is -0.151. The van der Waals surface area contributed by atoms with Gasteiger partial charge in [0.05, 0.1) is 4.90 Å². The van der Waals surface area contributed by atoms with Gasteiger partial charge in [-0.1, -0.05) is 28.7 Å². The minimum Gasteiger partial charge on any atom is -0.406 e. The molecule has 1 amide bonds. The zero-order valence-corrected chi connectivity index (χ0v) is 23.9. The van der Waals surface area contributed by atoms with Gasteiger partial charge in [0, 0.05) is 26.2 Å². The van der Waals surface area contributed by atoms with Crippen LogP contribution in [0.5, 0.6) is 11.5 Å². The van der Waals surface area contributed by atoms with E-state index in [4.69, 9.17) is 0 Å². The first-order valence-corrected chi connectivity index (χ1v) is 14.8. The van der Waals surface area contributed by atoms with Crippen LogP contribution in [0.4, 0.5) is 31.5 Å². The Morgan fingerprint density at radius 2 is 1.58 bits per heavy atom. The van der Waals surface area contributed by atoms with Crippen molar-refractivity contribution < 1.29 is 49.0 Å². The molecule has 0 bridgehead atoms. The van der Waals surface area contributed by atoms with E-state index in [9.17, 15) is 44.3 Å². The number of alkyl halides is 6. The minimum atomic E-state index is -5.00. The number of aromatic amines is 1. The number of hydrogen-bond acceptors (Lipinski definition) is 11. The van der Waals surface area contributed by atoms with Crippen molar-refractivity contribution in [3.05, 3.63) is 64.4 Å². The quantitative estimate of drug-likeness (QED) is 0.265. The first kappa shape index (κ1) is 31.9. The van der Waals surface area contributed by atoms with Crippen molar-refractivity contribution in [2.24, 2.45) is 0 Å². The lowest BCUT2D eigenvalue weighted by atomic mass is 10.1. The number of halogens is 6. The fourth-order valence-electron chi connectivity index (χ4n) is 4.33. The Kier molecular flexibility index (Phi) is 8.60. The highest BCUT2D eigenvalue weighted by atomic mass is 32.2. The molecule has 1 fully saturated rings. The second kappa shape index (κ2) is 12.1. The number of hydrogen-bond donors (Lipinski definition) is 2. The van der Waals surface area contributed by atoms with Crippen LogP contribution in [0.2, 0.25) is 0 Å². The van der Waals surface area contributed by atoms with Crippen molar-refractivity contribution in [2.45, 2.75) is 30.2 Å². The van der Waals surface area contributed by atoms with Crippen LogP contribution in [0, 0.1) is 0 Å². The van der Waals surface area contributed by atoms with Crippen molar-refractivity contribution in [1.82, 2.24) is 30.0 Å². The van der Waals surface area contributed by atoms with E-state index >= 15 is 0 Å². The number of sulfonamides is 1. The number of anilines is 1. The molecule has 0 spiro atoms. The number of aromatic nitrogens is 4. The fraction of sp³-hybridized carbons (Fsp3) is 0.292. The number of rotatable bonds is 8. The fourth-order valence-corrected chi connectivity index (χ4v) is 6.82. The summed E-state index contributed by atoms with van der Waals surface area (Å²) < 4.78 is 111. The summed E-state index contributed by atoms with van der Waals surface area (Å²) >= 11 is 0.942. The number of amides is 1. The van der Waals surface area contributed by atoms with Gasteiger partial charge in [0.15, 0.2) is 5.13 Å². The predicted octanol–water partition coefficient (Wildman–Crippen LogP) is 2.77. The molecule has 0 saturated carbocycles. The monoisotopic (exact) mass is 679 g/mol. The maximum atomic E-state index is 13.6. The predicted molar refractivity (Wildman–Crippen MR) is 144 cm³/mol. The van der Waals surface area contributed by atoms with Crippen molar-refractivity contribution in [2.75, 3.05) is 24.5 Å². The van der Waals surface area contributed by atoms with Crippen LogP contribution in [-0.2, 0) is 21.4 Å². The third-order valence-corrected chi connectivity index (χ3v) is 9.32. The maximum absolute atomic E-state index is 13.6. The molecule has 1 saturated heterocycles. The molecule has 0 aliphatic carbocycles. The molecule has 2 aromatic carbocycles. The number of carbonyl (C=O) groups is 1. The van der Waals surface area contributed by atoms with E-state index in [-0.39, 0.29) is 41.7 Å². The van der Waals surface area contributed by atoms with E-state index in [1.54, 1.807) is 4.90 Å². The van der Waals surface area contributed by atoms with E-state index in [0.29, 0.717) is 5.56 Å². The van der Waals surface area contributed by atoms with Crippen LogP contribution in [0.1, 0.15) is 5.56 Å². The molecule has 1 aliphatic heterocycles.